The highest BCUT2D eigenvalue weighted by atomic mass is 32.1. The van der Waals surface area contributed by atoms with Crippen molar-refractivity contribution in [3.63, 3.8) is 0 Å². The fourth-order valence-corrected chi connectivity index (χ4v) is 5.00. The largest absolute Gasteiger partial charge is 0.494 e. The summed E-state index contributed by atoms with van der Waals surface area (Å²) in [7, 11) is 0. The van der Waals surface area contributed by atoms with Crippen LogP contribution in [0, 0.1) is 0 Å². The van der Waals surface area contributed by atoms with E-state index in [2.05, 4.69) is 17.0 Å². The van der Waals surface area contributed by atoms with Gasteiger partial charge in [0, 0.05) is 18.1 Å². The maximum atomic E-state index is 13.2. The predicted molar refractivity (Wildman–Crippen MR) is 130 cm³/mol. The molecule has 0 atom stereocenters. The van der Waals surface area contributed by atoms with Crippen LogP contribution in [0.25, 0.3) is 21.9 Å². The van der Waals surface area contributed by atoms with Crippen LogP contribution >= 0.6 is 11.3 Å². The van der Waals surface area contributed by atoms with E-state index in [1.807, 2.05) is 24.3 Å². The van der Waals surface area contributed by atoms with E-state index in [4.69, 9.17) is 4.74 Å². The van der Waals surface area contributed by atoms with Crippen LogP contribution in [0.5, 0.6) is 5.75 Å². The van der Waals surface area contributed by atoms with E-state index in [9.17, 15) is 14.4 Å². The third-order valence-electron chi connectivity index (χ3n) is 5.66. The molecule has 172 valence electrons. The number of thiazole rings is 1. The number of aromatic nitrogens is 3. The molecule has 0 unspecified atom stereocenters. The van der Waals surface area contributed by atoms with Crippen molar-refractivity contribution in [2.24, 2.45) is 0 Å². The molecule has 1 aliphatic rings. The number of carbonyl (C=O) groups is 2. The van der Waals surface area contributed by atoms with Crippen molar-refractivity contribution in [3.05, 3.63) is 69.0 Å². The Morgan fingerprint density at radius 1 is 1.06 bits per heavy atom. The lowest BCUT2D eigenvalue weighted by Gasteiger charge is -2.11. The molecule has 0 spiro atoms. The third-order valence-corrected chi connectivity index (χ3v) is 6.69. The second-order valence-electron chi connectivity index (χ2n) is 8.00. The molecule has 3 heterocycles. The molecule has 0 N–H and O–H groups in total. The van der Waals surface area contributed by atoms with E-state index in [0.717, 1.165) is 46.8 Å². The van der Waals surface area contributed by atoms with Gasteiger partial charge >= 0.3 is 0 Å². The van der Waals surface area contributed by atoms with E-state index in [1.54, 1.807) is 24.3 Å². The lowest BCUT2D eigenvalue weighted by Crippen LogP contribution is -2.35. The quantitative estimate of drug-likeness (QED) is 0.399. The van der Waals surface area contributed by atoms with Crippen molar-refractivity contribution in [2.45, 2.75) is 33.1 Å². The normalized spacial score (nSPS) is 14.6. The van der Waals surface area contributed by atoms with Gasteiger partial charge in [-0.3, -0.25) is 14.4 Å². The van der Waals surface area contributed by atoms with Crippen molar-refractivity contribution < 1.29 is 14.3 Å². The molecule has 0 saturated carbocycles. The number of hydrogen-bond donors (Lipinski definition) is 0. The number of hydrogen-bond acceptors (Lipinski definition) is 7. The highest BCUT2D eigenvalue weighted by Crippen LogP contribution is 2.35. The predicted octanol–water partition coefficient (Wildman–Crippen LogP) is 3.20. The number of carbonyl (C=O) groups excluding carboxylic acids is 2. The SMILES string of the molecule is CCCCCOc1ccc(-c2nc3sc(=C4C(=O)N(C(C)=O)c5ccccc54)c(=O)n3n2)cc1. The number of para-hydroxylation sites is 1. The minimum absolute atomic E-state index is 0.208. The van der Waals surface area contributed by atoms with Crippen LogP contribution in [-0.2, 0) is 9.59 Å². The van der Waals surface area contributed by atoms with Gasteiger partial charge in [-0.2, -0.15) is 9.50 Å². The molecule has 8 nitrogen and oxygen atoms in total. The summed E-state index contributed by atoms with van der Waals surface area (Å²) in [5.41, 5.74) is 1.57. The average molecular weight is 475 g/mol. The number of unbranched alkanes of at least 4 members (excludes halogenated alkanes) is 2. The zero-order valence-corrected chi connectivity index (χ0v) is 19.6. The van der Waals surface area contributed by atoms with E-state index < -0.39 is 17.4 Å². The lowest BCUT2D eigenvalue weighted by atomic mass is 10.1. The van der Waals surface area contributed by atoms with Crippen LogP contribution < -0.4 is 19.7 Å². The highest BCUT2D eigenvalue weighted by molar-refractivity contribution is 7.15. The third kappa shape index (κ3) is 3.67. The molecular weight excluding hydrogens is 452 g/mol. The zero-order valence-electron chi connectivity index (χ0n) is 18.8. The maximum absolute atomic E-state index is 13.2. The van der Waals surface area contributed by atoms with Gasteiger partial charge in [0.15, 0.2) is 5.82 Å². The van der Waals surface area contributed by atoms with E-state index >= 15 is 0 Å². The monoisotopic (exact) mass is 474 g/mol. The van der Waals surface area contributed by atoms with Crippen LogP contribution in [0.1, 0.15) is 38.7 Å². The molecule has 9 heteroatoms. The Morgan fingerprint density at radius 2 is 1.82 bits per heavy atom. The summed E-state index contributed by atoms with van der Waals surface area (Å²) in [4.78, 5) is 44.3. The first-order valence-corrected chi connectivity index (χ1v) is 11.9. The minimum Gasteiger partial charge on any atom is -0.494 e. The molecule has 0 radical (unpaired) electrons. The van der Waals surface area contributed by atoms with Crippen molar-refractivity contribution in [3.8, 4) is 17.1 Å². The number of amides is 2. The van der Waals surface area contributed by atoms with Gasteiger partial charge in [0.2, 0.25) is 10.9 Å². The molecule has 2 amide bonds. The number of fused-ring (bicyclic) bond motifs is 2. The molecule has 0 saturated heterocycles. The Labute approximate surface area is 199 Å². The molecule has 0 bridgehead atoms. The molecule has 4 aromatic rings. The van der Waals surface area contributed by atoms with Gasteiger partial charge in [0.1, 0.15) is 10.3 Å². The number of anilines is 1. The number of benzene rings is 2. The van der Waals surface area contributed by atoms with Crippen molar-refractivity contribution in [1.29, 1.82) is 0 Å². The highest BCUT2D eigenvalue weighted by Gasteiger charge is 2.36. The molecular formula is C25H22N4O4S. The molecule has 5 rings (SSSR count). The second-order valence-corrected chi connectivity index (χ2v) is 8.98. The van der Waals surface area contributed by atoms with Gasteiger partial charge in [-0.1, -0.05) is 49.3 Å². The van der Waals surface area contributed by atoms with Gasteiger partial charge in [0.05, 0.1) is 17.9 Å². The number of imide groups is 1. The summed E-state index contributed by atoms with van der Waals surface area (Å²) in [6.45, 7) is 4.15. The fraction of sp³-hybridized carbons (Fsp3) is 0.240. The molecule has 0 fully saturated rings. The van der Waals surface area contributed by atoms with Gasteiger partial charge in [-0.25, -0.2) is 4.90 Å². The molecule has 34 heavy (non-hydrogen) atoms. The van der Waals surface area contributed by atoms with Crippen LogP contribution in [0.2, 0.25) is 0 Å². The van der Waals surface area contributed by atoms with Gasteiger partial charge < -0.3 is 4.74 Å². The summed E-state index contributed by atoms with van der Waals surface area (Å²) in [5, 5.41) is 4.38. The topological polar surface area (TPSA) is 93.9 Å². The number of nitrogens with zero attached hydrogens (tertiary/aromatic N) is 4. The molecule has 1 aliphatic heterocycles. The second kappa shape index (κ2) is 8.83. The first-order chi connectivity index (χ1) is 16.5. The Bertz CT molecular complexity index is 1520. The van der Waals surface area contributed by atoms with Gasteiger partial charge in [-0.05, 0) is 36.8 Å². The standard InChI is InChI=1S/C25H22N4O4S/c1-3-4-7-14-33-17-12-10-16(11-13-17)22-26-25-29(27-22)24(32)21(34-25)20-18-8-5-6-9-19(18)28(15(2)30)23(20)31/h5-6,8-13H,3-4,7,14H2,1-2H3. The number of ether oxygens (including phenoxy) is 1. The fourth-order valence-electron chi connectivity index (χ4n) is 4.00. The van der Waals surface area contributed by atoms with Crippen molar-refractivity contribution >= 4 is 39.4 Å². The molecule has 2 aromatic carbocycles. The Morgan fingerprint density at radius 3 is 2.53 bits per heavy atom. The summed E-state index contributed by atoms with van der Waals surface area (Å²) in [6, 6.07) is 14.4. The van der Waals surface area contributed by atoms with Crippen LogP contribution in [-0.4, -0.2) is 33.0 Å². The Kier molecular flexibility index (Phi) is 5.70. The summed E-state index contributed by atoms with van der Waals surface area (Å²) < 4.78 is 7.18. The smallest absolute Gasteiger partial charge is 0.291 e. The Hall–Kier alpha value is -3.85. The van der Waals surface area contributed by atoms with Crippen LogP contribution in [0.4, 0.5) is 5.69 Å². The van der Waals surface area contributed by atoms with Crippen LogP contribution in [0.3, 0.4) is 0 Å². The lowest BCUT2D eigenvalue weighted by molar-refractivity contribution is -0.122. The summed E-state index contributed by atoms with van der Waals surface area (Å²) in [5.74, 6) is 0.281. The minimum atomic E-state index is -0.509. The average Bonchev–Trinajstić information content (AvgIpc) is 3.47. The summed E-state index contributed by atoms with van der Waals surface area (Å²) >= 11 is 1.09. The van der Waals surface area contributed by atoms with Crippen molar-refractivity contribution in [2.75, 3.05) is 11.5 Å². The van der Waals surface area contributed by atoms with E-state index in [0.29, 0.717) is 28.6 Å². The van der Waals surface area contributed by atoms with Crippen LogP contribution in [0.15, 0.2) is 53.3 Å². The first-order valence-electron chi connectivity index (χ1n) is 11.1. The summed E-state index contributed by atoms with van der Waals surface area (Å²) in [6.07, 6.45) is 3.29. The van der Waals surface area contributed by atoms with Gasteiger partial charge in [-0.15, -0.1) is 5.10 Å². The van der Waals surface area contributed by atoms with Gasteiger partial charge in [0.25, 0.3) is 11.5 Å². The molecule has 2 aromatic heterocycles. The number of rotatable bonds is 6. The Balaban J connectivity index is 1.51. The van der Waals surface area contributed by atoms with E-state index in [1.165, 1.54) is 11.4 Å². The molecule has 0 aliphatic carbocycles. The maximum Gasteiger partial charge on any atom is 0.291 e. The van der Waals surface area contributed by atoms with E-state index in [-0.39, 0.29) is 10.1 Å². The first kappa shape index (κ1) is 22.0. The van der Waals surface area contributed by atoms with Crippen molar-refractivity contribution in [1.82, 2.24) is 14.6 Å². The zero-order chi connectivity index (χ0) is 23.8.